The summed E-state index contributed by atoms with van der Waals surface area (Å²) in [5.41, 5.74) is 5.19. The Morgan fingerprint density at radius 3 is 2.46 bits per heavy atom. The minimum Gasteiger partial charge on any atom is -0.506 e. The number of phenols is 1. The average molecular weight is 480 g/mol. The van der Waals surface area contributed by atoms with E-state index in [-0.39, 0.29) is 17.2 Å². The maximum atomic E-state index is 12.9. The van der Waals surface area contributed by atoms with Crippen molar-refractivity contribution in [2.45, 2.75) is 6.92 Å². The zero-order chi connectivity index (χ0) is 24.4. The molecule has 3 N–H and O–H groups in total. The highest BCUT2D eigenvalue weighted by Gasteiger charge is 2.14. The number of carbonyl (C=O) groups is 2. The Morgan fingerprint density at radius 1 is 0.829 bits per heavy atom. The predicted octanol–water partition coefficient (Wildman–Crippen LogP) is 6.17. The number of anilines is 1. The molecule has 1 aromatic heterocycles. The van der Waals surface area contributed by atoms with Gasteiger partial charge < -0.3 is 10.4 Å². The van der Waals surface area contributed by atoms with Gasteiger partial charge in [-0.3, -0.25) is 9.59 Å². The van der Waals surface area contributed by atoms with Gasteiger partial charge in [-0.15, -0.1) is 11.3 Å². The first-order valence-corrected chi connectivity index (χ1v) is 11.8. The predicted molar refractivity (Wildman–Crippen MR) is 142 cm³/mol. The zero-order valence-corrected chi connectivity index (χ0v) is 19.6. The lowest BCUT2D eigenvalue weighted by atomic mass is 10.1. The Kier molecular flexibility index (Phi) is 5.99. The molecular formula is C28H21N3O3S. The van der Waals surface area contributed by atoms with E-state index in [0.29, 0.717) is 22.3 Å². The van der Waals surface area contributed by atoms with Crippen molar-refractivity contribution in [2.75, 3.05) is 5.32 Å². The van der Waals surface area contributed by atoms with E-state index in [1.807, 2.05) is 53.9 Å². The van der Waals surface area contributed by atoms with Gasteiger partial charge in [0.1, 0.15) is 5.75 Å². The number of amides is 2. The first-order valence-electron chi connectivity index (χ1n) is 10.9. The van der Waals surface area contributed by atoms with Crippen LogP contribution in [0.3, 0.4) is 0 Å². The lowest BCUT2D eigenvalue weighted by Crippen LogP contribution is -2.19. The van der Waals surface area contributed by atoms with Gasteiger partial charge in [0.2, 0.25) is 0 Å². The quantitative estimate of drug-likeness (QED) is 0.208. The molecule has 0 bridgehead atoms. The van der Waals surface area contributed by atoms with Gasteiger partial charge in [0.15, 0.2) is 0 Å². The molecule has 0 spiro atoms. The molecule has 0 aliphatic rings. The minimum atomic E-state index is -0.513. The number of rotatable bonds is 5. The van der Waals surface area contributed by atoms with Gasteiger partial charge in [-0.1, -0.05) is 60.7 Å². The van der Waals surface area contributed by atoms with Crippen LogP contribution in [0.15, 0.2) is 95.4 Å². The van der Waals surface area contributed by atoms with E-state index in [1.165, 1.54) is 11.3 Å². The molecule has 0 fully saturated rings. The molecule has 35 heavy (non-hydrogen) atoms. The second kappa shape index (κ2) is 9.40. The van der Waals surface area contributed by atoms with Crippen LogP contribution in [0.4, 0.5) is 5.69 Å². The van der Waals surface area contributed by atoms with Crippen LogP contribution < -0.4 is 10.7 Å². The third kappa shape index (κ3) is 4.49. The standard InChI is InChI=1S/C28H21N3O3S/c1-17(30-31-28(34)23-14-13-18-7-2-3-10-21(18)26(23)32)19-8-6-9-20(15-19)29-27(33)24-16-35-25-12-5-4-11-22(24)25/h2-16,32H,1H3,(H,29,33)(H,31,34)/b30-17-. The van der Waals surface area contributed by atoms with E-state index < -0.39 is 5.91 Å². The van der Waals surface area contributed by atoms with E-state index in [9.17, 15) is 14.7 Å². The smallest absolute Gasteiger partial charge is 0.275 e. The maximum Gasteiger partial charge on any atom is 0.275 e. The van der Waals surface area contributed by atoms with Crippen molar-refractivity contribution in [3.8, 4) is 5.75 Å². The number of fused-ring (bicyclic) bond motifs is 2. The van der Waals surface area contributed by atoms with Gasteiger partial charge in [0.05, 0.1) is 16.8 Å². The Labute approximate surface area is 205 Å². The van der Waals surface area contributed by atoms with Crippen molar-refractivity contribution in [3.63, 3.8) is 0 Å². The molecule has 7 heteroatoms. The number of hydrogen-bond acceptors (Lipinski definition) is 5. The molecule has 172 valence electrons. The topological polar surface area (TPSA) is 90.8 Å². The second-order valence-corrected chi connectivity index (χ2v) is 8.91. The summed E-state index contributed by atoms with van der Waals surface area (Å²) in [5.74, 6) is -0.783. The molecule has 0 saturated carbocycles. The number of hydrogen-bond donors (Lipinski definition) is 3. The summed E-state index contributed by atoms with van der Waals surface area (Å²) in [6.45, 7) is 1.76. The molecule has 5 rings (SSSR count). The Balaban J connectivity index is 1.32. The second-order valence-electron chi connectivity index (χ2n) is 8.00. The SMILES string of the molecule is C/C(=N/NC(=O)c1ccc2ccccc2c1O)c1cccc(NC(=O)c2csc3ccccc23)c1. The summed E-state index contributed by atoms with van der Waals surface area (Å²) in [6, 6.07) is 25.7. The van der Waals surface area contributed by atoms with Crippen molar-refractivity contribution in [1.29, 1.82) is 0 Å². The largest absolute Gasteiger partial charge is 0.506 e. The maximum absolute atomic E-state index is 12.9. The number of nitrogens with zero attached hydrogens (tertiary/aromatic N) is 1. The fourth-order valence-corrected chi connectivity index (χ4v) is 4.81. The van der Waals surface area contributed by atoms with Crippen molar-refractivity contribution in [3.05, 3.63) is 107 Å². The molecule has 4 aromatic carbocycles. The number of thiophene rings is 1. The normalized spacial score (nSPS) is 11.5. The van der Waals surface area contributed by atoms with Gasteiger partial charge in [-0.25, -0.2) is 5.43 Å². The van der Waals surface area contributed by atoms with Crippen LogP contribution in [0.1, 0.15) is 33.2 Å². The van der Waals surface area contributed by atoms with E-state index in [0.717, 1.165) is 21.0 Å². The van der Waals surface area contributed by atoms with Crippen molar-refractivity contribution >= 4 is 55.4 Å². The summed E-state index contributed by atoms with van der Waals surface area (Å²) < 4.78 is 1.06. The Hall–Kier alpha value is -4.49. The average Bonchev–Trinajstić information content (AvgIpc) is 3.32. The summed E-state index contributed by atoms with van der Waals surface area (Å²) in [5, 5.41) is 21.9. The third-order valence-corrected chi connectivity index (χ3v) is 6.70. The first kappa shape index (κ1) is 22.3. The highest BCUT2D eigenvalue weighted by molar-refractivity contribution is 7.17. The van der Waals surface area contributed by atoms with Gasteiger partial charge in [0.25, 0.3) is 11.8 Å². The Bertz CT molecular complexity index is 1620. The van der Waals surface area contributed by atoms with Crippen LogP contribution in [-0.2, 0) is 0 Å². The lowest BCUT2D eigenvalue weighted by Gasteiger charge is -2.09. The summed E-state index contributed by atoms with van der Waals surface area (Å²) >= 11 is 1.53. The third-order valence-electron chi connectivity index (χ3n) is 5.73. The molecule has 0 aliphatic carbocycles. The molecular weight excluding hydrogens is 458 g/mol. The number of carbonyl (C=O) groups excluding carboxylic acids is 2. The summed E-state index contributed by atoms with van der Waals surface area (Å²) in [7, 11) is 0. The molecule has 1 heterocycles. The van der Waals surface area contributed by atoms with Crippen LogP contribution in [0, 0.1) is 0 Å². The fraction of sp³-hybridized carbons (Fsp3) is 0.0357. The van der Waals surface area contributed by atoms with Gasteiger partial charge in [-0.05, 0) is 42.1 Å². The molecule has 6 nitrogen and oxygen atoms in total. The highest BCUT2D eigenvalue weighted by atomic mass is 32.1. The lowest BCUT2D eigenvalue weighted by molar-refractivity contribution is 0.0951. The van der Waals surface area contributed by atoms with Gasteiger partial charge in [-0.2, -0.15) is 5.10 Å². The van der Waals surface area contributed by atoms with E-state index in [4.69, 9.17) is 0 Å². The minimum absolute atomic E-state index is 0.0842. The summed E-state index contributed by atoms with van der Waals surface area (Å²) in [6.07, 6.45) is 0. The molecule has 5 aromatic rings. The van der Waals surface area contributed by atoms with E-state index >= 15 is 0 Å². The van der Waals surface area contributed by atoms with E-state index in [1.54, 1.807) is 43.3 Å². The van der Waals surface area contributed by atoms with Crippen LogP contribution in [0.5, 0.6) is 5.75 Å². The van der Waals surface area contributed by atoms with Crippen molar-refractivity contribution in [1.82, 2.24) is 5.43 Å². The molecule has 0 saturated heterocycles. The molecule has 2 amide bonds. The van der Waals surface area contributed by atoms with Crippen molar-refractivity contribution in [2.24, 2.45) is 5.10 Å². The monoisotopic (exact) mass is 479 g/mol. The van der Waals surface area contributed by atoms with Crippen LogP contribution in [0.2, 0.25) is 0 Å². The molecule has 0 atom stereocenters. The number of nitrogens with one attached hydrogen (secondary N) is 2. The fourth-order valence-electron chi connectivity index (χ4n) is 3.87. The van der Waals surface area contributed by atoms with E-state index in [2.05, 4.69) is 15.8 Å². The zero-order valence-electron chi connectivity index (χ0n) is 18.8. The van der Waals surface area contributed by atoms with Crippen LogP contribution in [-0.4, -0.2) is 22.6 Å². The van der Waals surface area contributed by atoms with Crippen molar-refractivity contribution < 1.29 is 14.7 Å². The first-order chi connectivity index (χ1) is 17.0. The molecule has 0 aliphatic heterocycles. The van der Waals surface area contributed by atoms with Gasteiger partial charge >= 0.3 is 0 Å². The highest BCUT2D eigenvalue weighted by Crippen LogP contribution is 2.29. The summed E-state index contributed by atoms with van der Waals surface area (Å²) in [4.78, 5) is 25.5. The van der Waals surface area contributed by atoms with Gasteiger partial charge in [0, 0.05) is 26.5 Å². The van der Waals surface area contributed by atoms with Crippen LogP contribution in [0.25, 0.3) is 20.9 Å². The number of aromatic hydroxyl groups is 1. The van der Waals surface area contributed by atoms with Crippen LogP contribution >= 0.6 is 11.3 Å². The molecule has 0 radical (unpaired) electrons. The number of hydrazone groups is 1. The number of phenolic OH excluding ortho intramolecular Hbond substituents is 1. The Morgan fingerprint density at radius 2 is 1.60 bits per heavy atom. The molecule has 0 unspecified atom stereocenters. The number of benzene rings is 4.